The molecule has 0 spiro atoms. The maximum atomic E-state index is 5.31. The molecular formula is C18H34IN5O. The van der Waals surface area contributed by atoms with Crippen molar-refractivity contribution < 1.29 is 4.74 Å². The summed E-state index contributed by atoms with van der Waals surface area (Å²) in [6, 6.07) is 1.96. The molecule has 1 heterocycles. The Bertz CT molecular complexity index is 472. The summed E-state index contributed by atoms with van der Waals surface area (Å²) in [7, 11) is 1.79. The van der Waals surface area contributed by atoms with Gasteiger partial charge in [0.2, 0.25) is 0 Å². The van der Waals surface area contributed by atoms with E-state index < -0.39 is 0 Å². The van der Waals surface area contributed by atoms with Gasteiger partial charge in [0.05, 0.1) is 0 Å². The zero-order chi connectivity index (χ0) is 17.1. The topological polar surface area (TPSA) is 63.5 Å². The Labute approximate surface area is 169 Å². The van der Waals surface area contributed by atoms with Crippen LogP contribution in [0.25, 0.3) is 0 Å². The van der Waals surface area contributed by atoms with E-state index in [9.17, 15) is 0 Å². The van der Waals surface area contributed by atoms with Crippen molar-refractivity contribution in [3.8, 4) is 0 Å². The van der Waals surface area contributed by atoms with Crippen molar-refractivity contribution in [2.45, 2.75) is 52.0 Å². The molecule has 2 N–H and O–H groups in total. The molecule has 0 atom stereocenters. The summed E-state index contributed by atoms with van der Waals surface area (Å²) < 4.78 is 7.27. The second kappa shape index (κ2) is 12.5. The summed E-state index contributed by atoms with van der Waals surface area (Å²) in [5.74, 6) is 0.932. The number of aliphatic imine (C=N–C) groups is 1. The molecule has 0 unspecified atom stereocenters. The maximum absolute atomic E-state index is 5.31. The number of guanidine groups is 1. The SMILES string of the molecule is CCNC(=NCC1(CCOC)CCCC1)NCCCn1cccn1.I. The minimum absolute atomic E-state index is 0. The summed E-state index contributed by atoms with van der Waals surface area (Å²) in [6.45, 7) is 6.55. The normalized spacial score (nSPS) is 16.5. The zero-order valence-electron chi connectivity index (χ0n) is 15.7. The molecule has 0 aliphatic heterocycles. The second-order valence-corrected chi connectivity index (χ2v) is 6.69. The van der Waals surface area contributed by atoms with Crippen LogP contribution in [-0.4, -0.2) is 49.1 Å². The second-order valence-electron chi connectivity index (χ2n) is 6.69. The summed E-state index contributed by atoms with van der Waals surface area (Å²) in [6.07, 6.45) is 11.2. The van der Waals surface area contributed by atoms with Gasteiger partial charge in [-0.25, -0.2) is 0 Å². The van der Waals surface area contributed by atoms with E-state index in [1.54, 1.807) is 7.11 Å². The predicted octanol–water partition coefficient (Wildman–Crippen LogP) is 3.04. The number of aromatic nitrogens is 2. The molecule has 1 aliphatic rings. The van der Waals surface area contributed by atoms with E-state index in [-0.39, 0.29) is 24.0 Å². The molecule has 144 valence electrons. The lowest BCUT2D eigenvalue weighted by Crippen LogP contribution is -2.39. The molecular weight excluding hydrogens is 429 g/mol. The maximum Gasteiger partial charge on any atom is 0.191 e. The first-order valence-corrected chi connectivity index (χ1v) is 9.26. The lowest BCUT2D eigenvalue weighted by atomic mass is 9.83. The van der Waals surface area contributed by atoms with Crippen molar-refractivity contribution >= 4 is 29.9 Å². The van der Waals surface area contributed by atoms with Gasteiger partial charge in [0.1, 0.15) is 0 Å². The van der Waals surface area contributed by atoms with Gasteiger partial charge in [-0.15, -0.1) is 24.0 Å². The first-order valence-electron chi connectivity index (χ1n) is 9.26. The van der Waals surface area contributed by atoms with Crippen molar-refractivity contribution in [1.82, 2.24) is 20.4 Å². The van der Waals surface area contributed by atoms with Gasteiger partial charge in [0, 0.05) is 52.3 Å². The fourth-order valence-electron chi connectivity index (χ4n) is 3.40. The largest absolute Gasteiger partial charge is 0.385 e. The molecule has 1 aliphatic carbocycles. The standard InChI is InChI=1S/C18H33N5O.HI/c1-3-19-17(20-11-6-13-23-14-7-12-22-23)21-16-18(10-15-24-2)8-4-5-9-18;/h7,12,14H,3-6,8-11,13,15-16H2,1-2H3,(H2,19,20,21);1H. The molecule has 1 fully saturated rings. The quantitative estimate of drug-likeness (QED) is 0.242. The molecule has 0 amide bonds. The first-order chi connectivity index (χ1) is 11.8. The number of ether oxygens (including phenoxy) is 1. The fraction of sp³-hybridized carbons (Fsp3) is 0.778. The van der Waals surface area contributed by atoms with E-state index in [2.05, 4.69) is 22.7 Å². The minimum Gasteiger partial charge on any atom is -0.385 e. The van der Waals surface area contributed by atoms with Gasteiger partial charge in [-0.1, -0.05) is 12.8 Å². The van der Waals surface area contributed by atoms with E-state index >= 15 is 0 Å². The van der Waals surface area contributed by atoms with Gasteiger partial charge in [0.25, 0.3) is 0 Å². The van der Waals surface area contributed by atoms with Gasteiger partial charge in [-0.3, -0.25) is 9.67 Å². The number of rotatable bonds is 10. The van der Waals surface area contributed by atoms with Crippen LogP contribution in [-0.2, 0) is 11.3 Å². The van der Waals surface area contributed by atoms with Gasteiger partial charge >= 0.3 is 0 Å². The molecule has 0 radical (unpaired) electrons. The Morgan fingerprint density at radius 2 is 2.12 bits per heavy atom. The van der Waals surface area contributed by atoms with Crippen molar-refractivity contribution in [3.05, 3.63) is 18.5 Å². The number of nitrogens with zero attached hydrogens (tertiary/aromatic N) is 3. The van der Waals surface area contributed by atoms with Crippen LogP contribution < -0.4 is 10.6 Å². The Balaban J connectivity index is 0.00000312. The first kappa shape index (κ1) is 22.2. The van der Waals surface area contributed by atoms with E-state index in [1.807, 2.05) is 23.1 Å². The zero-order valence-corrected chi connectivity index (χ0v) is 18.0. The van der Waals surface area contributed by atoms with Crippen LogP contribution in [0.15, 0.2) is 23.5 Å². The highest BCUT2D eigenvalue weighted by molar-refractivity contribution is 14.0. The predicted molar refractivity (Wildman–Crippen MR) is 114 cm³/mol. The molecule has 0 bridgehead atoms. The number of hydrogen-bond donors (Lipinski definition) is 2. The average Bonchev–Trinajstić information content (AvgIpc) is 3.27. The van der Waals surface area contributed by atoms with E-state index in [0.717, 1.165) is 51.6 Å². The highest BCUT2D eigenvalue weighted by Crippen LogP contribution is 2.41. The highest BCUT2D eigenvalue weighted by Gasteiger charge is 2.33. The number of methoxy groups -OCH3 is 1. The smallest absolute Gasteiger partial charge is 0.191 e. The van der Waals surface area contributed by atoms with Crippen molar-refractivity contribution in [2.24, 2.45) is 10.4 Å². The number of aryl methyl sites for hydroxylation is 1. The molecule has 1 saturated carbocycles. The van der Waals surface area contributed by atoms with Crippen LogP contribution in [0.4, 0.5) is 0 Å². The molecule has 7 heteroatoms. The highest BCUT2D eigenvalue weighted by atomic mass is 127. The van der Waals surface area contributed by atoms with Crippen LogP contribution in [0.1, 0.15) is 45.4 Å². The lowest BCUT2D eigenvalue weighted by molar-refractivity contribution is 0.141. The Morgan fingerprint density at radius 1 is 1.32 bits per heavy atom. The number of halogens is 1. The van der Waals surface area contributed by atoms with Crippen LogP contribution in [0.3, 0.4) is 0 Å². The molecule has 1 aromatic rings. The molecule has 6 nitrogen and oxygen atoms in total. The molecule has 0 aromatic carbocycles. The van der Waals surface area contributed by atoms with E-state index in [1.165, 1.54) is 25.7 Å². The number of hydrogen-bond acceptors (Lipinski definition) is 3. The van der Waals surface area contributed by atoms with Crippen LogP contribution in [0.2, 0.25) is 0 Å². The summed E-state index contributed by atoms with van der Waals surface area (Å²) in [4.78, 5) is 4.87. The summed E-state index contributed by atoms with van der Waals surface area (Å²) in [5, 5.41) is 11.0. The third kappa shape index (κ3) is 7.94. The minimum atomic E-state index is 0. The van der Waals surface area contributed by atoms with E-state index in [0.29, 0.717) is 5.41 Å². The fourth-order valence-corrected chi connectivity index (χ4v) is 3.40. The van der Waals surface area contributed by atoms with Gasteiger partial charge in [-0.2, -0.15) is 5.10 Å². The van der Waals surface area contributed by atoms with Gasteiger partial charge < -0.3 is 15.4 Å². The van der Waals surface area contributed by atoms with Crippen LogP contribution >= 0.6 is 24.0 Å². The monoisotopic (exact) mass is 463 g/mol. The molecule has 25 heavy (non-hydrogen) atoms. The van der Waals surface area contributed by atoms with Crippen molar-refractivity contribution in [1.29, 1.82) is 0 Å². The average molecular weight is 463 g/mol. The Hall–Kier alpha value is -0.830. The Morgan fingerprint density at radius 3 is 2.76 bits per heavy atom. The van der Waals surface area contributed by atoms with Crippen molar-refractivity contribution in [2.75, 3.05) is 33.4 Å². The van der Waals surface area contributed by atoms with Crippen LogP contribution in [0, 0.1) is 5.41 Å². The van der Waals surface area contributed by atoms with Crippen molar-refractivity contribution in [3.63, 3.8) is 0 Å². The molecule has 2 rings (SSSR count). The number of nitrogens with one attached hydrogen (secondary N) is 2. The lowest BCUT2D eigenvalue weighted by Gasteiger charge is -2.27. The molecule has 0 saturated heterocycles. The summed E-state index contributed by atoms with van der Waals surface area (Å²) in [5.41, 5.74) is 0.341. The molecule has 1 aromatic heterocycles. The van der Waals surface area contributed by atoms with Gasteiger partial charge in [-0.05, 0) is 44.1 Å². The third-order valence-electron chi connectivity index (χ3n) is 4.83. The Kier molecular flexibility index (Phi) is 11.1. The van der Waals surface area contributed by atoms with Gasteiger partial charge in [0.15, 0.2) is 5.96 Å². The van der Waals surface area contributed by atoms with Crippen LogP contribution in [0.5, 0.6) is 0 Å². The van der Waals surface area contributed by atoms with E-state index in [4.69, 9.17) is 9.73 Å². The summed E-state index contributed by atoms with van der Waals surface area (Å²) >= 11 is 0. The third-order valence-corrected chi connectivity index (χ3v) is 4.83.